The first-order valence-corrected chi connectivity index (χ1v) is 6.55. The summed E-state index contributed by atoms with van der Waals surface area (Å²) in [6, 6.07) is 0. The smallest absolute Gasteiger partial charge is 0.141 e. The minimum Gasteiger partial charge on any atom is -0.299 e. The van der Waals surface area contributed by atoms with Gasteiger partial charge in [-0.1, -0.05) is 13.8 Å². The van der Waals surface area contributed by atoms with Crippen molar-refractivity contribution in [2.75, 3.05) is 0 Å². The zero-order chi connectivity index (χ0) is 12.3. The highest BCUT2D eigenvalue weighted by Crippen LogP contribution is 2.22. The van der Waals surface area contributed by atoms with Crippen LogP contribution in [0.1, 0.15) is 38.6 Å². The Labute approximate surface area is 105 Å². The van der Waals surface area contributed by atoms with Crippen molar-refractivity contribution in [1.82, 2.24) is 9.78 Å². The lowest BCUT2D eigenvalue weighted by Crippen LogP contribution is -2.16. The van der Waals surface area contributed by atoms with E-state index < -0.39 is 0 Å². The number of halogens is 1. The third kappa shape index (κ3) is 2.73. The number of nitrogens with zero attached hydrogens (tertiary/aromatic N) is 2. The van der Waals surface area contributed by atoms with E-state index in [0.717, 1.165) is 28.8 Å². The van der Waals surface area contributed by atoms with Crippen LogP contribution in [0.4, 0.5) is 0 Å². The topological polar surface area (TPSA) is 34.9 Å². The molecule has 3 nitrogen and oxygen atoms in total. The fraction of sp³-hybridized carbons (Fsp3) is 0.667. The summed E-state index contributed by atoms with van der Waals surface area (Å²) in [6.45, 7) is 8.81. The molecule has 0 fully saturated rings. The molecule has 0 radical (unpaired) electrons. The number of hydrogen-bond donors (Lipinski definition) is 0. The molecule has 1 aromatic rings. The third-order valence-corrected chi connectivity index (χ3v) is 3.99. The fourth-order valence-electron chi connectivity index (χ4n) is 1.60. The standard InChI is InChI=1S/C12H19BrN2O/c1-5-8(3)11(16)7-10-12(13)9(4)14-15(10)6-2/h8H,5-7H2,1-4H3. The van der Waals surface area contributed by atoms with E-state index in [2.05, 4.69) is 21.0 Å². The van der Waals surface area contributed by atoms with Crippen molar-refractivity contribution in [1.29, 1.82) is 0 Å². The number of carbonyl (C=O) groups excluding carboxylic acids is 1. The van der Waals surface area contributed by atoms with Crippen molar-refractivity contribution in [3.63, 3.8) is 0 Å². The van der Waals surface area contributed by atoms with Crippen LogP contribution < -0.4 is 0 Å². The van der Waals surface area contributed by atoms with Gasteiger partial charge in [-0.05, 0) is 36.2 Å². The maximum Gasteiger partial charge on any atom is 0.141 e. The van der Waals surface area contributed by atoms with Gasteiger partial charge in [-0.3, -0.25) is 9.48 Å². The summed E-state index contributed by atoms with van der Waals surface area (Å²) in [7, 11) is 0. The Morgan fingerprint density at radius 1 is 1.50 bits per heavy atom. The van der Waals surface area contributed by atoms with Crippen LogP contribution in [-0.2, 0) is 17.8 Å². The van der Waals surface area contributed by atoms with Gasteiger partial charge in [0.2, 0.25) is 0 Å². The molecule has 1 heterocycles. The van der Waals surface area contributed by atoms with Crippen molar-refractivity contribution in [3.8, 4) is 0 Å². The van der Waals surface area contributed by atoms with Crippen LogP contribution >= 0.6 is 15.9 Å². The minimum atomic E-state index is 0.132. The monoisotopic (exact) mass is 286 g/mol. The molecule has 4 heteroatoms. The van der Waals surface area contributed by atoms with Crippen molar-refractivity contribution in [2.24, 2.45) is 5.92 Å². The summed E-state index contributed by atoms with van der Waals surface area (Å²) in [5, 5.41) is 4.38. The second-order valence-electron chi connectivity index (χ2n) is 4.11. The molecule has 0 aromatic carbocycles. The van der Waals surface area contributed by atoms with Gasteiger partial charge < -0.3 is 0 Å². The molecule has 0 aliphatic rings. The number of Topliss-reactive ketones (excluding diaryl/α,β-unsaturated/α-hetero) is 1. The van der Waals surface area contributed by atoms with E-state index in [-0.39, 0.29) is 11.7 Å². The van der Waals surface area contributed by atoms with Gasteiger partial charge in [-0.25, -0.2) is 0 Å². The molecule has 1 unspecified atom stereocenters. The molecule has 0 saturated carbocycles. The van der Waals surface area contributed by atoms with E-state index in [0.29, 0.717) is 6.42 Å². The maximum absolute atomic E-state index is 11.9. The number of carbonyl (C=O) groups is 1. The summed E-state index contributed by atoms with van der Waals surface area (Å²) in [4.78, 5) is 11.9. The SMILES string of the molecule is CCC(C)C(=O)Cc1c(Br)c(C)nn1CC. The Hall–Kier alpha value is -0.640. The normalized spacial score (nSPS) is 12.8. The van der Waals surface area contributed by atoms with Crippen LogP contribution in [-0.4, -0.2) is 15.6 Å². The molecule has 1 atom stereocenters. The van der Waals surface area contributed by atoms with E-state index in [1.165, 1.54) is 0 Å². The van der Waals surface area contributed by atoms with Crippen molar-refractivity contribution in [3.05, 3.63) is 15.9 Å². The van der Waals surface area contributed by atoms with Gasteiger partial charge in [-0.2, -0.15) is 5.10 Å². The largest absolute Gasteiger partial charge is 0.299 e. The zero-order valence-corrected chi connectivity index (χ0v) is 12.0. The van der Waals surface area contributed by atoms with Crippen LogP contribution in [0.15, 0.2) is 4.47 Å². The third-order valence-electron chi connectivity index (χ3n) is 2.96. The van der Waals surface area contributed by atoms with Gasteiger partial charge in [0.05, 0.1) is 15.9 Å². The highest BCUT2D eigenvalue weighted by Gasteiger charge is 2.18. The van der Waals surface area contributed by atoms with Crippen molar-refractivity contribution >= 4 is 21.7 Å². The maximum atomic E-state index is 11.9. The number of ketones is 1. The van der Waals surface area contributed by atoms with Crippen LogP contribution in [0.25, 0.3) is 0 Å². The van der Waals surface area contributed by atoms with Crippen LogP contribution in [0, 0.1) is 12.8 Å². The Morgan fingerprint density at radius 2 is 2.12 bits per heavy atom. The van der Waals surface area contributed by atoms with Crippen molar-refractivity contribution < 1.29 is 4.79 Å². The second kappa shape index (κ2) is 5.62. The van der Waals surface area contributed by atoms with Gasteiger partial charge in [0.15, 0.2) is 0 Å². The first kappa shape index (κ1) is 13.4. The quantitative estimate of drug-likeness (QED) is 0.834. The highest BCUT2D eigenvalue weighted by atomic mass is 79.9. The van der Waals surface area contributed by atoms with Gasteiger partial charge >= 0.3 is 0 Å². The Balaban J connectivity index is 2.92. The molecular weight excluding hydrogens is 268 g/mol. The predicted octanol–water partition coefficient (Wildman–Crippen LogP) is 3.13. The average Bonchev–Trinajstić information content (AvgIpc) is 2.55. The molecule has 0 aliphatic carbocycles. The van der Waals surface area contributed by atoms with E-state index in [4.69, 9.17) is 0 Å². The van der Waals surface area contributed by atoms with E-state index >= 15 is 0 Å². The first-order chi connectivity index (χ1) is 7.51. The molecule has 1 rings (SSSR count). The van der Waals surface area contributed by atoms with Gasteiger partial charge in [0.1, 0.15) is 5.78 Å². The summed E-state index contributed by atoms with van der Waals surface area (Å²) < 4.78 is 2.88. The molecule has 0 saturated heterocycles. The Morgan fingerprint density at radius 3 is 2.62 bits per heavy atom. The lowest BCUT2D eigenvalue weighted by atomic mass is 10.00. The van der Waals surface area contributed by atoms with Crippen LogP contribution in [0.3, 0.4) is 0 Å². The van der Waals surface area contributed by atoms with Gasteiger partial charge in [0, 0.05) is 18.9 Å². The Kier molecular flexibility index (Phi) is 4.71. The van der Waals surface area contributed by atoms with Crippen molar-refractivity contribution in [2.45, 2.75) is 47.1 Å². The number of aromatic nitrogens is 2. The lowest BCUT2D eigenvalue weighted by Gasteiger charge is -2.09. The summed E-state index contributed by atoms with van der Waals surface area (Å²) in [6.07, 6.45) is 1.37. The molecule has 0 bridgehead atoms. The highest BCUT2D eigenvalue weighted by molar-refractivity contribution is 9.10. The molecule has 90 valence electrons. The number of hydrogen-bond acceptors (Lipinski definition) is 2. The molecule has 0 amide bonds. The number of rotatable bonds is 5. The molecule has 1 aromatic heterocycles. The average molecular weight is 287 g/mol. The summed E-state index contributed by atoms with van der Waals surface area (Å²) in [5.74, 6) is 0.421. The van der Waals surface area contributed by atoms with Crippen LogP contribution in [0.5, 0.6) is 0 Å². The van der Waals surface area contributed by atoms with E-state index in [1.54, 1.807) is 0 Å². The lowest BCUT2D eigenvalue weighted by molar-refractivity contribution is -0.121. The Bertz CT molecular complexity index is 385. The molecule has 16 heavy (non-hydrogen) atoms. The molecule has 0 spiro atoms. The van der Waals surface area contributed by atoms with Crippen LogP contribution in [0.2, 0.25) is 0 Å². The summed E-state index contributed by atoms with van der Waals surface area (Å²) >= 11 is 3.51. The minimum absolute atomic E-state index is 0.132. The van der Waals surface area contributed by atoms with E-state index in [1.807, 2.05) is 32.4 Å². The molecular formula is C12H19BrN2O. The fourth-order valence-corrected chi connectivity index (χ4v) is 2.03. The predicted molar refractivity (Wildman–Crippen MR) is 68.5 cm³/mol. The van der Waals surface area contributed by atoms with Gasteiger partial charge in [-0.15, -0.1) is 0 Å². The van der Waals surface area contributed by atoms with Gasteiger partial charge in [0.25, 0.3) is 0 Å². The molecule has 0 N–H and O–H groups in total. The second-order valence-corrected chi connectivity index (χ2v) is 4.91. The summed E-state index contributed by atoms with van der Waals surface area (Å²) in [5.41, 5.74) is 1.96. The number of aryl methyl sites for hydroxylation is 2. The van der Waals surface area contributed by atoms with E-state index in [9.17, 15) is 4.79 Å². The molecule has 0 aliphatic heterocycles. The zero-order valence-electron chi connectivity index (χ0n) is 10.4. The first-order valence-electron chi connectivity index (χ1n) is 5.75.